The van der Waals surface area contributed by atoms with Crippen LogP contribution in [0.25, 0.3) is 0 Å². The lowest BCUT2D eigenvalue weighted by molar-refractivity contribution is -0.161. The number of hydrogen-bond donors (Lipinski definition) is 5. The summed E-state index contributed by atoms with van der Waals surface area (Å²) in [6.07, 6.45) is 28.2. The third-order valence-electron chi connectivity index (χ3n) is 10.0. The zero-order chi connectivity index (χ0) is 39.2. The Kier molecular flexibility index (Phi) is 29.5. The van der Waals surface area contributed by atoms with E-state index in [1.807, 2.05) is 6.08 Å². The number of hydrogen-bond acceptors (Lipinski definition) is 9. The van der Waals surface area contributed by atoms with Crippen LogP contribution in [0.5, 0.6) is 0 Å². The normalized spacial score (nSPS) is 20.4. The van der Waals surface area contributed by atoms with Crippen molar-refractivity contribution >= 4 is 19.8 Å². The molecule has 0 aromatic rings. The molecule has 0 radical (unpaired) electrons. The Hall–Kier alpha value is -1.59. The summed E-state index contributed by atoms with van der Waals surface area (Å²) in [6.45, 7) is 3.39. The van der Waals surface area contributed by atoms with E-state index in [1.165, 1.54) is 51.4 Å². The summed E-state index contributed by atoms with van der Waals surface area (Å²) in [5.74, 6) is -1.33. The van der Waals surface area contributed by atoms with Crippen molar-refractivity contribution in [2.75, 3.05) is 13.2 Å². The SMILES string of the molecule is CCCCCC/C=C\CCCCCCCCCC(=O)OC[C@H](COP(=O)(O)O)OC(=O)CCCCCC[C@@H]1[C@@H](/C=C/[C@@H](O)CCCCC)[C@H](O)C[C@@H]1O. The molecule has 0 amide bonds. The Morgan fingerprint density at radius 1 is 0.717 bits per heavy atom. The van der Waals surface area contributed by atoms with Crippen LogP contribution < -0.4 is 0 Å². The van der Waals surface area contributed by atoms with Crippen molar-refractivity contribution in [3.8, 4) is 0 Å². The Morgan fingerprint density at radius 3 is 1.89 bits per heavy atom. The number of carbonyl (C=O) groups is 2. The van der Waals surface area contributed by atoms with Gasteiger partial charge >= 0.3 is 19.8 Å². The second-order valence-corrected chi connectivity index (χ2v) is 16.2. The third-order valence-corrected chi connectivity index (χ3v) is 10.5. The van der Waals surface area contributed by atoms with Crippen molar-refractivity contribution in [3.63, 3.8) is 0 Å². The largest absolute Gasteiger partial charge is 0.469 e. The number of phosphoric ester groups is 1. The fourth-order valence-corrected chi connectivity index (χ4v) is 7.24. The number of carbonyl (C=O) groups excluding carboxylic acids is 2. The van der Waals surface area contributed by atoms with E-state index in [9.17, 15) is 29.5 Å². The average Bonchev–Trinajstić information content (AvgIpc) is 3.38. The molecule has 1 rings (SSSR count). The molecule has 0 aromatic carbocycles. The van der Waals surface area contributed by atoms with Gasteiger partial charge in [-0.2, -0.15) is 0 Å². The highest BCUT2D eigenvalue weighted by Crippen LogP contribution is 2.38. The molecule has 1 saturated carbocycles. The van der Waals surface area contributed by atoms with Crippen molar-refractivity contribution in [2.24, 2.45) is 11.8 Å². The number of ether oxygens (including phenoxy) is 2. The fraction of sp³-hybridized carbons (Fsp3) is 0.854. The molecule has 0 unspecified atom stereocenters. The standard InChI is InChI=1S/C41H75O11P/c1-3-5-7-8-9-10-11-12-13-14-15-16-17-18-23-27-40(45)50-32-35(33-51-53(47,48)49)52-41(46)28-24-20-19-22-26-36-37(39(44)31-38(36)43)30-29-34(42)25-21-6-4-2/h10-11,29-30,34-39,42-44H,3-9,12-28,31-33H2,1-2H3,(H2,47,48,49)/b11-10-,30-29+/t34-,35+,36+,37+,38-,39+/m0/s1. The number of unbranched alkanes of at least 4 members (excludes halogenated alkanes) is 16. The van der Waals surface area contributed by atoms with Gasteiger partial charge in [0.1, 0.15) is 6.61 Å². The maximum Gasteiger partial charge on any atom is 0.469 e. The Labute approximate surface area is 320 Å². The quantitative estimate of drug-likeness (QED) is 0.0183. The highest BCUT2D eigenvalue weighted by atomic mass is 31.2. The summed E-state index contributed by atoms with van der Waals surface area (Å²) >= 11 is 0. The van der Waals surface area contributed by atoms with E-state index in [2.05, 4.69) is 30.5 Å². The molecule has 0 aromatic heterocycles. The molecule has 0 spiro atoms. The molecule has 310 valence electrons. The van der Waals surface area contributed by atoms with Crippen molar-refractivity contribution in [1.29, 1.82) is 0 Å². The van der Waals surface area contributed by atoms with E-state index in [4.69, 9.17) is 19.3 Å². The van der Waals surface area contributed by atoms with Crippen molar-refractivity contribution in [3.05, 3.63) is 24.3 Å². The zero-order valence-electron chi connectivity index (χ0n) is 33.0. The van der Waals surface area contributed by atoms with Gasteiger partial charge in [0, 0.05) is 25.2 Å². The number of aliphatic hydroxyl groups is 3. The van der Waals surface area contributed by atoms with Gasteiger partial charge in [0.2, 0.25) is 0 Å². The predicted molar refractivity (Wildman–Crippen MR) is 209 cm³/mol. The molecule has 0 heterocycles. The molecule has 6 atom stereocenters. The molecule has 0 saturated heterocycles. The summed E-state index contributed by atoms with van der Waals surface area (Å²) in [7, 11) is -4.81. The van der Waals surface area contributed by atoms with Crippen molar-refractivity contribution < 1.29 is 53.3 Å². The topological polar surface area (TPSA) is 180 Å². The first-order valence-corrected chi connectivity index (χ1v) is 22.4. The van der Waals surface area contributed by atoms with Crippen LogP contribution in [0.4, 0.5) is 0 Å². The summed E-state index contributed by atoms with van der Waals surface area (Å²) in [6, 6.07) is 0. The molecule has 1 fully saturated rings. The number of rotatable bonds is 34. The summed E-state index contributed by atoms with van der Waals surface area (Å²) in [4.78, 5) is 43.1. The van der Waals surface area contributed by atoms with Crippen molar-refractivity contribution in [1.82, 2.24) is 0 Å². The molecule has 1 aliphatic rings. The molecule has 0 bridgehead atoms. The zero-order valence-corrected chi connectivity index (χ0v) is 33.9. The predicted octanol–water partition coefficient (Wildman–Crippen LogP) is 8.78. The molecule has 1 aliphatic carbocycles. The molecule has 0 aliphatic heterocycles. The molecule has 12 heteroatoms. The molecule has 11 nitrogen and oxygen atoms in total. The highest BCUT2D eigenvalue weighted by molar-refractivity contribution is 7.46. The summed E-state index contributed by atoms with van der Waals surface area (Å²) in [5, 5.41) is 31.2. The van der Waals surface area contributed by atoms with E-state index >= 15 is 0 Å². The summed E-state index contributed by atoms with van der Waals surface area (Å²) in [5.41, 5.74) is 0. The Balaban J connectivity index is 2.27. The average molecular weight is 775 g/mol. The van der Waals surface area contributed by atoms with Gasteiger partial charge in [-0.05, 0) is 57.3 Å². The molecular weight excluding hydrogens is 699 g/mol. The van der Waals surface area contributed by atoms with Crippen LogP contribution in [0, 0.1) is 11.8 Å². The van der Waals surface area contributed by atoms with Crippen LogP contribution in [0.2, 0.25) is 0 Å². The van der Waals surface area contributed by atoms with E-state index in [1.54, 1.807) is 6.08 Å². The Bertz CT molecular complexity index is 1030. The van der Waals surface area contributed by atoms with Crippen LogP contribution in [0.15, 0.2) is 24.3 Å². The van der Waals surface area contributed by atoms with Gasteiger partial charge in [-0.15, -0.1) is 0 Å². The minimum atomic E-state index is -4.81. The minimum absolute atomic E-state index is 0.0855. The van der Waals surface area contributed by atoms with Gasteiger partial charge in [-0.3, -0.25) is 14.1 Å². The first-order valence-electron chi connectivity index (χ1n) is 20.9. The van der Waals surface area contributed by atoms with Gasteiger partial charge in [-0.1, -0.05) is 128 Å². The van der Waals surface area contributed by atoms with Crippen LogP contribution in [0.3, 0.4) is 0 Å². The monoisotopic (exact) mass is 775 g/mol. The lowest BCUT2D eigenvalue weighted by atomic mass is 9.88. The van der Waals surface area contributed by atoms with Gasteiger partial charge < -0.3 is 34.6 Å². The van der Waals surface area contributed by atoms with E-state index in [0.717, 1.165) is 64.2 Å². The van der Waals surface area contributed by atoms with Gasteiger partial charge in [-0.25, -0.2) is 4.57 Å². The second-order valence-electron chi connectivity index (χ2n) is 14.9. The third kappa shape index (κ3) is 27.6. The van der Waals surface area contributed by atoms with Gasteiger partial charge in [0.25, 0.3) is 0 Å². The number of allylic oxidation sites excluding steroid dienone is 2. The van der Waals surface area contributed by atoms with E-state index < -0.39 is 50.8 Å². The van der Waals surface area contributed by atoms with Crippen LogP contribution >= 0.6 is 7.82 Å². The lowest BCUT2D eigenvalue weighted by Gasteiger charge is -2.21. The minimum Gasteiger partial charge on any atom is -0.462 e. The molecule has 53 heavy (non-hydrogen) atoms. The van der Waals surface area contributed by atoms with Gasteiger partial charge in [0.15, 0.2) is 6.10 Å². The summed E-state index contributed by atoms with van der Waals surface area (Å²) < 4.78 is 26.4. The first kappa shape index (κ1) is 49.4. The molecular formula is C41H75O11P. The van der Waals surface area contributed by atoms with Crippen molar-refractivity contribution in [2.45, 2.75) is 199 Å². The first-order chi connectivity index (χ1) is 25.5. The lowest BCUT2D eigenvalue weighted by Crippen LogP contribution is -2.29. The number of aliphatic hydroxyl groups excluding tert-OH is 3. The number of phosphoric acid groups is 1. The molecule has 5 N–H and O–H groups in total. The Morgan fingerprint density at radius 2 is 1.26 bits per heavy atom. The fourth-order valence-electron chi connectivity index (χ4n) is 6.88. The smallest absolute Gasteiger partial charge is 0.462 e. The highest BCUT2D eigenvalue weighted by Gasteiger charge is 2.39. The number of esters is 2. The maximum atomic E-state index is 12.5. The maximum absolute atomic E-state index is 12.5. The van der Waals surface area contributed by atoms with E-state index in [-0.39, 0.29) is 31.3 Å². The van der Waals surface area contributed by atoms with Crippen LogP contribution in [0.1, 0.15) is 174 Å². The van der Waals surface area contributed by atoms with Crippen LogP contribution in [-0.2, 0) is 28.2 Å². The van der Waals surface area contributed by atoms with E-state index in [0.29, 0.717) is 32.1 Å². The van der Waals surface area contributed by atoms with Gasteiger partial charge in [0.05, 0.1) is 24.9 Å². The van der Waals surface area contributed by atoms with Crippen LogP contribution in [-0.4, -0.2) is 74.7 Å². The second kappa shape index (κ2) is 31.6.